The summed E-state index contributed by atoms with van der Waals surface area (Å²) in [5, 5.41) is 2.73. The molecule has 0 N–H and O–H groups in total. The number of rotatable bonds is 2. The minimum atomic E-state index is -0.301. The Kier molecular flexibility index (Phi) is 2.85. The van der Waals surface area contributed by atoms with Gasteiger partial charge >= 0.3 is 5.97 Å². The van der Waals surface area contributed by atoms with Gasteiger partial charge in [-0.3, -0.25) is 0 Å². The first-order valence-corrected chi connectivity index (χ1v) is 7.01. The summed E-state index contributed by atoms with van der Waals surface area (Å²) in [5.41, 5.74) is 1.68. The van der Waals surface area contributed by atoms with Crippen molar-refractivity contribution in [2.75, 3.05) is 7.11 Å². The fourth-order valence-electron chi connectivity index (χ4n) is 1.68. The number of hydrogen-bond acceptors (Lipinski definition) is 5. The Hall–Kier alpha value is -1.72. The van der Waals surface area contributed by atoms with Crippen molar-refractivity contribution in [3.63, 3.8) is 0 Å². The number of thiophene rings is 1. The topological polar surface area (TPSA) is 39.2 Å². The maximum absolute atomic E-state index is 11.6. The summed E-state index contributed by atoms with van der Waals surface area (Å²) < 4.78 is 5.67. The second kappa shape index (κ2) is 4.51. The zero-order valence-electron chi connectivity index (χ0n) is 9.54. The lowest BCUT2D eigenvalue weighted by Gasteiger charge is -1.94. The molecule has 90 valence electrons. The normalized spacial score (nSPS) is 10.7. The maximum Gasteiger partial charge on any atom is 0.340 e. The number of fused-ring (bicyclic) bond motifs is 1. The smallest absolute Gasteiger partial charge is 0.340 e. The van der Waals surface area contributed by atoms with Crippen LogP contribution in [0.5, 0.6) is 0 Å². The van der Waals surface area contributed by atoms with Crippen LogP contribution in [0, 0.1) is 0 Å². The van der Waals surface area contributed by atoms with Gasteiger partial charge in [0.1, 0.15) is 9.84 Å². The molecule has 0 aliphatic heterocycles. The van der Waals surface area contributed by atoms with E-state index in [2.05, 4.69) is 4.98 Å². The van der Waals surface area contributed by atoms with E-state index in [4.69, 9.17) is 4.74 Å². The third-order valence-electron chi connectivity index (χ3n) is 2.56. The minimum Gasteiger partial charge on any atom is -0.465 e. The average Bonchev–Trinajstić information content (AvgIpc) is 2.98. The Bertz CT molecular complexity index is 700. The Balaban J connectivity index is 2.13. The fraction of sp³-hybridized carbons (Fsp3) is 0.0769. The Morgan fingerprint density at radius 3 is 2.78 bits per heavy atom. The van der Waals surface area contributed by atoms with Gasteiger partial charge in [0.25, 0.3) is 0 Å². The van der Waals surface area contributed by atoms with Gasteiger partial charge in [0.15, 0.2) is 0 Å². The van der Waals surface area contributed by atoms with Crippen LogP contribution in [-0.4, -0.2) is 18.1 Å². The van der Waals surface area contributed by atoms with E-state index in [1.807, 2.05) is 30.3 Å². The van der Waals surface area contributed by atoms with Gasteiger partial charge in [-0.1, -0.05) is 30.3 Å². The maximum atomic E-state index is 11.6. The Labute approximate surface area is 112 Å². The van der Waals surface area contributed by atoms with E-state index >= 15 is 0 Å². The van der Waals surface area contributed by atoms with E-state index in [9.17, 15) is 4.79 Å². The second-order valence-corrected chi connectivity index (χ2v) is 5.52. The molecule has 0 unspecified atom stereocenters. The van der Waals surface area contributed by atoms with Gasteiger partial charge in [-0.15, -0.1) is 22.7 Å². The molecule has 2 heterocycles. The molecule has 18 heavy (non-hydrogen) atoms. The number of thiazole rings is 1. The van der Waals surface area contributed by atoms with Crippen LogP contribution < -0.4 is 0 Å². The number of ether oxygens (including phenoxy) is 1. The number of aromatic nitrogens is 1. The van der Waals surface area contributed by atoms with E-state index in [1.54, 1.807) is 5.38 Å². The zero-order valence-corrected chi connectivity index (χ0v) is 11.2. The molecule has 2 aromatic heterocycles. The summed E-state index contributed by atoms with van der Waals surface area (Å²) in [5.74, 6) is -0.301. The Morgan fingerprint density at radius 1 is 1.28 bits per heavy atom. The van der Waals surface area contributed by atoms with Crippen LogP contribution in [0.25, 0.3) is 20.1 Å². The molecule has 0 saturated carbocycles. The van der Waals surface area contributed by atoms with E-state index in [0.29, 0.717) is 5.56 Å². The van der Waals surface area contributed by atoms with Crippen molar-refractivity contribution in [3.8, 4) is 10.6 Å². The quantitative estimate of drug-likeness (QED) is 0.668. The molecule has 0 fully saturated rings. The minimum absolute atomic E-state index is 0.301. The summed E-state index contributed by atoms with van der Waals surface area (Å²) in [6.45, 7) is 0. The molecule has 0 radical (unpaired) electrons. The van der Waals surface area contributed by atoms with Crippen LogP contribution in [-0.2, 0) is 4.74 Å². The number of carbonyl (C=O) groups excluding carboxylic acids is 1. The highest BCUT2D eigenvalue weighted by atomic mass is 32.1. The predicted octanol–water partition coefficient (Wildman–Crippen LogP) is 3.81. The SMILES string of the molecule is COC(=O)c1csc2nc(-c3ccccc3)sc12. The third-order valence-corrected chi connectivity index (χ3v) is 4.69. The van der Waals surface area contributed by atoms with Crippen LogP contribution in [0.3, 0.4) is 0 Å². The van der Waals surface area contributed by atoms with Gasteiger partial charge < -0.3 is 4.74 Å². The summed E-state index contributed by atoms with van der Waals surface area (Å²) >= 11 is 3.00. The molecule has 0 aliphatic carbocycles. The highest BCUT2D eigenvalue weighted by molar-refractivity contribution is 7.28. The zero-order chi connectivity index (χ0) is 12.5. The first-order chi connectivity index (χ1) is 8.79. The lowest BCUT2D eigenvalue weighted by atomic mass is 10.2. The van der Waals surface area contributed by atoms with E-state index < -0.39 is 0 Å². The number of carbonyl (C=O) groups is 1. The van der Waals surface area contributed by atoms with E-state index in [-0.39, 0.29) is 5.97 Å². The second-order valence-electron chi connectivity index (χ2n) is 3.66. The van der Waals surface area contributed by atoms with Crippen LogP contribution in [0.2, 0.25) is 0 Å². The van der Waals surface area contributed by atoms with Crippen molar-refractivity contribution in [2.24, 2.45) is 0 Å². The highest BCUT2D eigenvalue weighted by Crippen LogP contribution is 2.36. The fourth-order valence-corrected chi connectivity index (χ4v) is 3.86. The van der Waals surface area contributed by atoms with Crippen molar-refractivity contribution in [2.45, 2.75) is 0 Å². The molecular formula is C13H9NO2S2. The number of nitrogens with zero attached hydrogens (tertiary/aromatic N) is 1. The van der Waals surface area contributed by atoms with Gasteiger partial charge in [-0.05, 0) is 0 Å². The third kappa shape index (κ3) is 1.81. The van der Waals surface area contributed by atoms with Crippen LogP contribution >= 0.6 is 22.7 Å². The molecule has 0 atom stereocenters. The van der Waals surface area contributed by atoms with Gasteiger partial charge in [0.2, 0.25) is 0 Å². The average molecular weight is 275 g/mol. The lowest BCUT2D eigenvalue weighted by molar-refractivity contribution is 0.0603. The molecule has 5 heteroatoms. The van der Waals surface area contributed by atoms with Crippen LogP contribution in [0.1, 0.15) is 10.4 Å². The molecule has 3 nitrogen and oxygen atoms in total. The molecule has 0 spiro atoms. The standard InChI is InChI=1S/C13H9NO2S2/c1-16-13(15)9-7-17-12-10(9)18-11(14-12)8-5-3-2-4-6-8/h2-7H,1H3. The van der Waals surface area contributed by atoms with Gasteiger partial charge in [-0.2, -0.15) is 0 Å². The van der Waals surface area contributed by atoms with E-state index in [1.165, 1.54) is 29.8 Å². The van der Waals surface area contributed by atoms with E-state index in [0.717, 1.165) is 20.1 Å². The Morgan fingerprint density at radius 2 is 2.06 bits per heavy atom. The predicted molar refractivity (Wildman–Crippen MR) is 74.3 cm³/mol. The van der Waals surface area contributed by atoms with Crippen molar-refractivity contribution in [1.29, 1.82) is 0 Å². The first-order valence-electron chi connectivity index (χ1n) is 5.31. The monoisotopic (exact) mass is 275 g/mol. The van der Waals surface area contributed by atoms with Crippen molar-refractivity contribution < 1.29 is 9.53 Å². The van der Waals surface area contributed by atoms with Crippen molar-refractivity contribution in [3.05, 3.63) is 41.3 Å². The molecular weight excluding hydrogens is 266 g/mol. The van der Waals surface area contributed by atoms with Gasteiger partial charge in [0.05, 0.1) is 17.4 Å². The van der Waals surface area contributed by atoms with Gasteiger partial charge in [-0.25, -0.2) is 9.78 Å². The molecule has 1 aromatic carbocycles. The number of hydrogen-bond donors (Lipinski definition) is 0. The van der Waals surface area contributed by atoms with Gasteiger partial charge in [0, 0.05) is 10.9 Å². The summed E-state index contributed by atoms with van der Waals surface area (Å²) in [4.78, 5) is 17.0. The summed E-state index contributed by atoms with van der Waals surface area (Å²) in [7, 11) is 1.39. The lowest BCUT2D eigenvalue weighted by Crippen LogP contribution is -1.98. The van der Waals surface area contributed by atoms with Crippen LogP contribution in [0.4, 0.5) is 0 Å². The summed E-state index contributed by atoms with van der Waals surface area (Å²) in [6.07, 6.45) is 0. The molecule has 0 aliphatic rings. The number of benzene rings is 1. The van der Waals surface area contributed by atoms with Crippen molar-refractivity contribution >= 4 is 38.2 Å². The number of methoxy groups -OCH3 is 1. The largest absolute Gasteiger partial charge is 0.465 e. The van der Waals surface area contributed by atoms with Crippen molar-refractivity contribution in [1.82, 2.24) is 4.98 Å². The molecule has 0 amide bonds. The van der Waals surface area contributed by atoms with Crippen LogP contribution in [0.15, 0.2) is 35.7 Å². The first kappa shape index (κ1) is 11.4. The molecule has 0 saturated heterocycles. The molecule has 0 bridgehead atoms. The molecule has 3 rings (SSSR count). The summed E-state index contributed by atoms with van der Waals surface area (Å²) in [6, 6.07) is 9.96. The molecule has 3 aromatic rings. The number of esters is 1. The highest BCUT2D eigenvalue weighted by Gasteiger charge is 2.17.